The Labute approximate surface area is 169 Å². The van der Waals surface area contributed by atoms with E-state index in [1.807, 2.05) is 13.0 Å². The van der Waals surface area contributed by atoms with Crippen LogP contribution in [0.5, 0.6) is 11.5 Å². The van der Waals surface area contributed by atoms with Crippen molar-refractivity contribution in [3.05, 3.63) is 58.6 Å². The van der Waals surface area contributed by atoms with E-state index in [0.29, 0.717) is 23.7 Å². The average Bonchev–Trinajstić information content (AvgIpc) is 2.63. The Hall–Kier alpha value is -2.28. The molecule has 0 amide bonds. The Balaban J connectivity index is 1.89. The molecule has 6 nitrogen and oxygen atoms in total. The molecule has 0 heterocycles. The number of halogens is 1. The minimum absolute atomic E-state index is 0.160. The van der Waals surface area contributed by atoms with Gasteiger partial charge in [0.2, 0.25) is 0 Å². The number of hydrogen-bond acceptors (Lipinski definition) is 5. The van der Waals surface area contributed by atoms with Crippen LogP contribution in [0.15, 0.2) is 42.5 Å². The van der Waals surface area contributed by atoms with Gasteiger partial charge in [-0.15, -0.1) is 0 Å². The molecule has 0 aromatic heterocycles. The number of carboxylic acids is 1. The molecule has 0 bridgehead atoms. The van der Waals surface area contributed by atoms with Crippen molar-refractivity contribution in [2.24, 2.45) is 0 Å². The molecule has 2 unspecified atom stereocenters. The molecule has 28 heavy (non-hydrogen) atoms. The van der Waals surface area contributed by atoms with Crippen molar-refractivity contribution < 1.29 is 24.9 Å². The number of carboxylic acid groups (broad SMARTS) is 1. The predicted molar refractivity (Wildman–Crippen MR) is 108 cm³/mol. The van der Waals surface area contributed by atoms with Crippen LogP contribution >= 0.6 is 11.6 Å². The summed E-state index contributed by atoms with van der Waals surface area (Å²) in [7, 11) is 0. The van der Waals surface area contributed by atoms with E-state index in [4.69, 9.17) is 21.4 Å². The topological polar surface area (TPSA) is 99.0 Å². The lowest BCUT2D eigenvalue weighted by molar-refractivity contribution is -0.152. The van der Waals surface area contributed by atoms with Gasteiger partial charge in [0, 0.05) is 6.04 Å². The average molecular weight is 408 g/mol. The van der Waals surface area contributed by atoms with Crippen molar-refractivity contribution in [3.63, 3.8) is 0 Å². The first-order valence-corrected chi connectivity index (χ1v) is 9.39. The summed E-state index contributed by atoms with van der Waals surface area (Å²) >= 11 is 6.23. The van der Waals surface area contributed by atoms with E-state index in [0.717, 1.165) is 11.1 Å². The number of phenolic OH excluding ortho intramolecular Hbond substituents is 1. The third-order valence-electron chi connectivity index (χ3n) is 4.46. The van der Waals surface area contributed by atoms with E-state index >= 15 is 0 Å². The van der Waals surface area contributed by atoms with Crippen LogP contribution in [-0.4, -0.2) is 39.5 Å². The fraction of sp³-hybridized carbons (Fsp3) is 0.381. The molecule has 2 rings (SSSR count). The van der Waals surface area contributed by atoms with Crippen LogP contribution in [0, 0.1) is 0 Å². The SMILES string of the molecule is CC(NCCc1ccc(OC(C)(C)C(=O)O)c(Cl)c1)C(O)c1ccc(O)cc1. The second kappa shape index (κ2) is 9.28. The number of ether oxygens (including phenoxy) is 1. The Morgan fingerprint density at radius 3 is 2.43 bits per heavy atom. The van der Waals surface area contributed by atoms with Gasteiger partial charge in [-0.1, -0.05) is 29.8 Å². The second-order valence-electron chi connectivity index (χ2n) is 7.21. The zero-order valence-corrected chi connectivity index (χ0v) is 16.9. The quantitative estimate of drug-likeness (QED) is 0.507. The molecule has 2 aromatic rings. The predicted octanol–water partition coefficient (Wildman–Crippen LogP) is 3.54. The molecule has 0 saturated heterocycles. The summed E-state index contributed by atoms with van der Waals surface area (Å²) in [5, 5.41) is 32.5. The molecule has 7 heteroatoms. The Kier molecular flexibility index (Phi) is 7.29. The molecule has 0 spiro atoms. The summed E-state index contributed by atoms with van der Waals surface area (Å²) < 4.78 is 5.48. The number of benzene rings is 2. The van der Waals surface area contributed by atoms with Gasteiger partial charge < -0.3 is 25.4 Å². The van der Waals surface area contributed by atoms with E-state index in [-0.39, 0.29) is 11.8 Å². The van der Waals surface area contributed by atoms with Gasteiger partial charge in [0.25, 0.3) is 0 Å². The monoisotopic (exact) mass is 407 g/mol. The molecular weight excluding hydrogens is 382 g/mol. The van der Waals surface area contributed by atoms with Crippen molar-refractivity contribution in [3.8, 4) is 11.5 Å². The summed E-state index contributed by atoms with van der Waals surface area (Å²) in [6, 6.07) is 11.5. The van der Waals surface area contributed by atoms with E-state index < -0.39 is 17.7 Å². The van der Waals surface area contributed by atoms with Gasteiger partial charge in [-0.2, -0.15) is 0 Å². The van der Waals surface area contributed by atoms with Crippen LogP contribution in [0.25, 0.3) is 0 Å². The number of hydrogen-bond donors (Lipinski definition) is 4. The fourth-order valence-electron chi connectivity index (χ4n) is 2.62. The molecular formula is C21H26ClNO5. The fourth-order valence-corrected chi connectivity index (χ4v) is 2.86. The van der Waals surface area contributed by atoms with Crippen LogP contribution in [0.1, 0.15) is 38.0 Å². The summed E-state index contributed by atoms with van der Waals surface area (Å²) in [6.07, 6.45) is -0.0205. The van der Waals surface area contributed by atoms with Gasteiger partial charge in [0.1, 0.15) is 11.5 Å². The maximum absolute atomic E-state index is 11.2. The molecule has 2 aromatic carbocycles. The number of nitrogens with one attached hydrogen (secondary N) is 1. The highest BCUT2D eigenvalue weighted by atomic mass is 35.5. The largest absolute Gasteiger partial charge is 0.508 e. The minimum atomic E-state index is -1.37. The van der Waals surface area contributed by atoms with E-state index in [2.05, 4.69) is 5.32 Å². The Bertz CT molecular complexity index is 807. The first kappa shape index (κ1) is 22.0. The van der Waals surface area contributed by atoms with E-state index in [9.17, 15) is 15.0 Å². The summed E-state index contributed by atoms with van der Waals surface area (Å²) in [6.45, 7) is 5.43. The number of aliphatic hydroxyl groups excluding tert-OH is 1. The molecule has 0 aliphatic heterocycles. The molecule has 0 fully saturated rings. The zero-order chi connectivity index (χ0) is 20.9. The van der Waals surface area contributed by atoms with Crippen molar-refractivity contribution >= 4 is 17.6 Å². The van der Waals surface area contributed by atoms with Crippen molar-refractivity contribution in [2.75, 3.05) is 6.54 Å². The number of aliphatic carboxylic acids is 1. The number of carbonyl (C=O) groups is 1. The highest BCUT2D eigenvalue weighted by Crippen LogP contribution is 2.29. The summed E-state index contributed by atoms with van der Waals surface area (Å²) in [5.74, 6) is -0.590. The molecule has 0 saturated carbocycles. The van der Waals surface area contributed by atoms with Gasteiger partial charge >= 0.3 is 5.97 Å². The lowest BCUT2D eigenvalue weighted by atomic mass is 10.0. The van der Waals surface area contributed by atoms with Crippen molar-refractivity contribution in [2.45, 2.75) is 44.9 Å². The maximum Gasteiger partial charge on any atom is 0.347 e. The molecule has 0 radical (unpaired) electrons. The van der Waals surface area contributed by atoms with Crippen LogP contribution in [0.2, 0.25) is 5.02 Å². The third-order valence-corrected chi connectivity index (χ3v) is 4.76. The van der Waals surface area contributed by atoms with Crippen molar-refractivity contribution in [1.29, 1.82) is 0 Å². The molecule has 0 aliphatic rings. The number of rotatable bonds is 9. The maximum atomic E-state index is 11.2. The lowest BCUT2D eigenvalue weighted by Gasteiger charge is -2.22. The van der Waals surface area contributed by atoms with Gasteiger partial charge in [-0.05, 0) is 69.1 Å². The molecule has 4 N–H and O–H groups in total. The Morgan fingerprint density at radius 1 is 1.21 bits per heavy atom. The third kappa shape index (κ3) is 5.86. The van der Waals surface area contributed by atoms with E-state index in [1.54, 1.807) is 36.4 Å². The lowest BCUT2D eigenvalue weighted by Crippen LogP contribution is -2.37. The standard InChI is InChI=1S/C21H26ClNO5/c1-13(19(25)15-5-7-16(24)8-6-15)23-11-10-14-4-9-18(17(22)12-14)28-21(2,3)20(26)27/h4-9,12-13,19,23-25H,10-11H2,1-3H3,(H,26,27). The van der Waals surface area contributed by atoms with Gasteiger partial charge in [0.15, 0.2) is 5.60 Å². The van der Waals surface area contributed by atoms with Crippen molar-refractivity contribution in [1.82, 2.24) is 5.32 Å². The van der Waals surface area contributed by atoms with Gasteiger partial charge in [-0.25, -0.2) is 4.79 Å². The molecule has 0 aliphatic carbocycles. The normalized spacial score (nSPS) is 13.8. The first-order valence-electron chi connectivity index (χ1n) is 9.01. The molecule has 2 atom stereocenters. The van der Waals surface area contributed by atoms with Gasteiger partial charge in [0.05, 0.1) is 11.1 Å². The second-order valence-corrected chi connectivity index (χ2v) is 7.62. The zero-order valence-electron chi connectivity index (χ0n) is 16.1. The number of phenols is 1. The van der Waals surface area contributed by atoms with Gasteiger partial charge in [-0.3, -0.25) is 0 Å². The van der Waals surface area contributed by atoms with E-state index in [1.165, 1.54) is 13.8 Å². The number of aliphatic hydroxyl groups is 1. The minimum Gasteiger partial charge on any atom is -0.508 e. The highest BCUT2D eigenvalue weighted by molar-refractivity contribution is 6.32. The summed E-state index contributed by atoms with van der Waals surface area (Å²) in [5.41, 5.74) is 0.319. The molecule has 152 valence electrons. The van der Waals surface area contributed by atoms with Crippen LogP contribution in [-0.2, 0) is 11.2 Å². The van der Waals surface area contributed by atoms with Crippen LogP contribution in [0.3, 0.4) is 0 Å². The number of aromatic hydroxyl groups is 1. The van der Waals surface area contributed by atoms with Crippen LogP contribution < -0.4 is 10.1 Å². The first-order chi connectivity index (χ1) is 13.1. The Morgan fingerprint density at radius 2 is 1.86 bits per heavy atom. The summed E-state index contributed by atoms with van der Waals surface area (Å²) in [4.78, 5) is 11.2. The smallest absolute Gasteiger partial charge is 0.347 e. The van der Waals surface area contributed by atoms with Crippen LogP contribution in [0.4, 0.5) is 0 Å². The highest BCUT2D eigenvalue weighted by Gasteiger charge is 2.30.